The molecule has 0 N–H and O–H groups in total. The summed E-state index contributed by atoms with van der Waals surface area (Å²) in [5.41, 5.74) is -0.464. The average molecular weight is 1010 g/mol. The van der Waals surface area contributed by atoms with Crippen molar-refractivity contribution in [1.82, 2.24) is 0 Å². The molecule has 69 heavy (non-hydrogen) atoms. The van der Waals surface area contributed by atoms with Crippen molar-refractivity contribution in [2.24, 2.45) is 5.41 Å². The number of hydrogen-bond donors (Lipinski definition) is 0. The van der Waals surface area contributed by atoms with Gasteiger partial charge in [0.25, 0.3) is 0 Å². The van der Waals surface area contributed by atoms with E-state index in [1.165, 1.54) is 0 Å². The van der Waals surface area contributed by atoms with E-state index in [9.17, 15) is 4.79 Å². The van der Waals surface area contributed by atoms with Gasteiger partial charge in [-0.25, -0.2) is 0 Å². The van der Waals surface area contributed by atoms with Crippen molar-refractivity contribution in [2.75, 3.05) is 271 Å². The normalized spacial score (nSPS) is 11.9. The van der Waals surface area contributed by atoms with Gasteiger partial charge in [-0.15, -0.1) is 0 Å². The van der Waals surface area contributed by atoms with Gasteiger partial charge < -0.3 is 99.5 Å². The Morgan fingerprint density at radius 2 is 0.377 bits per heavy atom. The Morgan fingerprint density at radius 1 is 0.246 bits per heavy atom. The first-order chi connectivity index (χ1) is 34.0. The molecular weight excluding hydrogens is 916 g/mol. The Morgan fingerprint density at radius 3 is 0.507 bits per heavy atom. The summed E-state index contributed by atoms with van der Waals surface area (Å²) in [5, 5.41) is 0. The number of hydrogen-bond acceptors (Lipinski definition) is 22. The van der Waals surface area contributed by atoms with Crippen molar-refractivity contribution in [3.8, 4) is 0 Å². The molecule has 0 spiro atoms. The molecule has 0 aliphatic rings. The van der Waals surface area contributed by atoms with Gasteiger partial charge in [-0.2, -0.15) is 0 Å². The highest BCUT2D eigenvalue weighted by atomic mass is 16.6. The van der Waals surface area contributed by atoms with E-state index in [0.717, 1.165) is 6.42 Å². The van der Waals surface area contributed by atoms with E-state index in [1.54, 1.807) is 7.11 Å². The third-order valence-corrected chi connectivity index (χ3v) is 9.03. The second-order valence-electron chi connectivity index (χ2n) is 15.0. The van der Waals surface area contributed by atoms with Crippen LogP contribution in [0.2, 0.25) is 0 Å². The number of carbonyl (C=O) groups excluding carboxylic acids is 1. The van der Waals surface area contributed by atoms with Crippen LogP contribution in [0.25, 0.3) is 0 Å². The highest BCUT2D eigenvalue weighted by Crippen LogP contribution is 2.21. The summed E-state index contributed by atoms with van der Waals surface area (Å²) in [6.45, 7) is 25.2. The van der Waals surface area contributed by atoms with E-state index in [4.69, 9.17) is 99.5 Å². The third-order valence-electron chi connectivity index (χ3n) is 9.03. The van der Waals surface area contributed by atoms with Crippen LogP contribution >= 0.6 is 0 Å². The summed E-state index contributed by atoms with van der Waals surface area (Å²) < 4.78 is 114. The molecule has 0 rings (SSSR count). The van der Waals surface area contributed by atoms with E-state index in [2.05, 4.69) is 0 Å². The molecule has 0 saturated heterocycles. The van der Waals surface area contributed by atoms with Gasteiger partial charge >= 0.3 is 5.97 Å². The van der Waals surface area contributed by atoms with Crippen LogP contribution in [-0.2, 0) is 104 Å². The molecule has 0 aliphatic carbocycles. The van der Waals surface area contributed by atoms with Crippen LogP contribution in [0, 0.1) is 5.41 Å². The van der Waals surface area contributed by atoms with E-state index in [-0.39, 0.29) is 12.6 Å². The van der Waals surface area contributed by atoms with Crippen LogP contribution in [0.1, 0.15) is 27.2 Å². The zero-order chi connectivity index (χ0) is 49.9. The van der Waals surface area contributed by atoms with Crippen molar-refractivity contribution < 1.29 is 104 Å². The van der Waals surface area contributed by atoms with Crippen molar-refractivity contribution in [2.45, 2.75) is 27.2 Å². The first kappa shape index (κ1) is 67.7. The van der Waals surface area contributed by atoms with Crippen LogP contribution < -0.4 is 0 Å². The third kappa shape index (κ3) is 57.4. The van der Waals surface area contributed by atoms with Crippen molar-refractivity contribution in [3.63, 3.8) is 0 Å². The van der Waals surface area contributed by atoms with Gasteiger partial charge in [0, 0.05) is 7.11 Å². The zero-order valence-corrected chi connectivity index (χ0v) is 43.0. The zero-order valence-electron chi connectivity index (χ0n) is 43.0. The number of rotatable bonds is 62. The van der Waals surface area contributed by atoms with E-state index < -0.39 is 5.41 Å². The topological polar surface area (TPSA) is 211 Å². The fourth-order valence-electron chi connectivity index (χ4n) is 4.74. The van der Waals surface area contributed by atoms with Crippen LogP contribution in [0.5, 0.6) is 0 Å². The maximum Gasteiger partial charge on any atom is 0.311 e. The van der Waals surface area contributed by atoms with Crippen molar-refractivity contribution in [1.29, 1.82) is 0 Å². The smallest absolute Gasteiger partial charge is 0.311 e. The Balaban J connectivity index is 3.10. The minimum atomic E-state index is -0.464. The Bertz CT molecular complexity index is 973. The standard InChI is InChI=1S/C47H94O22/c1-5-47(2,3)46(48)69-45-44-68-43-42-67-41-40-66-39-38-65-37-36-64-35-34-63-33-32-62-31-30-61-29-28-60-27-26-59-25-24-58-23-22-57-21-20-56-19-18-55-17-16-54-15-14-53-13-12-52-11-10-51-9-8-50-7-6-49-4/h5-45H2,1-4H3. The van der Waals surface area contributed by atoms with Crippen molar-refractivity contribution >= 4 is 5.97 Å². The molecule has 0 heterocycles. The highest BCUT2D eigenvalue weighted by Gasteiger charge is 2.26. The molecule has 0 atom stereocenters. The summed E-state index contributed by atoms with van der Waals surface area (Å²) in [6.07, 6.45) is 0.731. The largest absolute Gasteiger partial charge is 0.463 e. The molecule has 0 aliphatic heterocycles. The van der Waals surface area contributed by atoms with E-state index in [1.807, 2.05) is 20.8 Å². The van der Waals surface area contributed by atoms with E-state index >= 15 is 0 Å². The predicted molar refractivity (Wildman–Crippen MR) is 252 cm³/mol. The molecule has 0 aromatic rings. The number of esters is 1. The molecule has 414 valence electrons. The predicted octanol–water partition coefficient (Wildman–Crippen LogP) is 1.93. The van der Waals surface area contributed by atoms with Gasteiger partial charge in [0.2, 0.25) is 0 Å². The summed E-state index contributed by atoms with van der Waals surface area (Å²) in [6, 6.07) is 0. The van der Waals surface area contributed by atoms with E-state index in [0.29, 0.717) is 258 Å². The molecule has 22 heteroatoms. The fourth-order valence-corrected chi connectivity index (χ4v) is 4.74. The number of methoxy groups -OCH3 is 1. The fraction of sp³-hybridized carbons (Fsp3) is 0.979. The first-order valence-electron chi connectivity index (χ1n) is 24.7. The lowest BCUT2D eigenvalue weighted by molar-refractivity contribution is -0.155. The van der Waals surface area contributed by atoms with Gasteiger partial charge in [0.15, 0.2) is 0 Å². The Labute approximate surface area is 413 Å². The summed E-state index contributed by atoms with van der Waals surface area (Å²) in [5.74, 6) is -0.205. The first-order valence-corrected chi connectivity index (χ1v) is 24.7. The monoisotopic (exact) mass is 1010 g/mol. The quantitative estimate of drug-likeness (QED) is 0.0630. The SMILES string of the molecule is CCC(C)(C)C(=O)OCCOCCOCCOCCOCCOCCOCCOCCOCCOCCOCCOCCOCCOCCOCCOCCOCCOCCOCCOCCOC. The van der Waals surface area contributed by atoms with Gasteiger partial charge in [-0.3, -0.25) is 4.79 Å². The van der Waals surface area contributed by atoms with Crippen LogP contribution in [0.3, 0.4) is 0 Å². The molecule has 0 unspecified atom stereocenters. The Hall–Kier alpha value is -1.33. The summed E-state index contributed by atoms with van der Waals surface area (Å²) >= 11 is 0. The van der Waals surface area contributed by atoms with Crippen molar-refractivity contribution in [3.05, 3.63) is 0 Å². The molecule has 0 fully saturated rings. The second-order valence-corrected chi connectivity index (χ2v) is 15.0. The van der Waals surface area contributed by atoms with Gasteiger partial charge in [-0.05, 0) is 20.3 Å². The lowest BCUT2D eigenvalue weighted by atomic mass is 9.91. The molecule has 0 radical (unpaired) electrons. The molecule has 0 amide bonds. The Kier molecular flexibility index (Phi) is 58.1. The van der Waals surface area contributed by atoms with Crippen LogP contribution in [0.4, 0.5) is 0 Å². The minimum absolute atomic E-state index is 0.205. The van der Waals surface area contributed by atoms with Gasteiger partial charge in [0.05, 0.1) is 263 Å². The maximum absolute atomic E-state index is 11.9. The average Bonchev–Trinajstić information content (AvgIpc) is 3.35. The molecule has 22 nitrogen and oxygen atoms in total. The van der Waals surface area contributed by atoms with Gasteiger partial charge in [0.1, 0.15) is 6.61 Å². The number of ether oxygens (including phenoxy) is 21. The van der Waals surface area contributed by atoms with Crippen LogP contribution in [-0.4, -0.2) is 277 Å². The molecule has 0 bridgehead atoms. The second kappa shape index (κ2) is 59.2. The highest BCUT2D eigenvalue weighted by molar-refractivity contribution is 5.75. The molecular formula is C47H94O22. The minimum Gasteiger partial charge on any atom is -0.463 e. The molecule has 0 saturated carbocycles. The maximum atomic E-state index is 11.9. The molecule has 0 aromatic carbocycles. The molecule has 0 aromatic heterocycles. The number of carbonyl (C=O) groups is 1. The summed E-state index contributed by atoms with van der Waals surface area (Å²) in [4.78, 5) is 11.9. The summed E-state index contributed by atoms with van der Waals surface area (Å²) in [7, 11) is 1.64. The van der Waals surface area contributed by atoms with Crippen LogP contribution in [0.15, 0.2) is 0 Å². The lowest BCUT2D eigenvalue weighted by Crippen LogP contribution is -2.27. The lowest BCUT2D eigenvalue weighted by Gasteiger charge is -2.20. The van der Waals surface area contributed by atoms with Gasteiger partial charge in [-0.1, -0.05) is 6.92 Å².